The van der Waals surface area contributed by atoms with Gasteiger partial charge < -0.3 is 20.2 Å². The van der Waals surface area contributed by atoms with E-state index in [2.05, 4.69) is 83.9 Å². The highest BCUT2D eigenvalue weighted by Gasteiger charge is 2.59. The maximum Gasteiger partial charge on any atom is 0.0557 e. The summed E-state index contributed by atoms with van der Waals surface area (Å²) in [5.74, 6) is 2.94. The average molecular weight is 649 g/mol. The number of nitrogens with one attached hydrogen (secondary N) is 2. The fourth-order valence-corrected chi connectivity index (χ4v) is 12.7. The molecule has 6 heteroatoms. The number of hydrogen-bond acceptors (Lipinski definition) is 4. The number of aryl methyl sites for hydroxylation is 2. The first kappa shape index (κ1) is 31.3. The zero-order valence-corrected chi connectivity index (χ0v) is 29.6. The smallest absolute Gasteiger partial charge is 0.0557 e. The summed E-state index contributed by atoms with van der Waals surface area (Å²) in [6, 6.07) is 14.5. The summed E-state index contributed by atoms with van der Waals surface area (Å²) in [5.41, 5.74) is 10.7. The van der Waals surface area contributed by atoms with Crippen molar-refractivity contribution in [3.05, 3.63) is 70.0 Å². The fourth-order valence-electron chi connectivity index (χ4n) is 12.7. The van der Waals surface area contributed by atoms with Gasteiger partial charge in [-0.25, -0.2) is 0 Å². The first-order valence-electron chi connectivity index (χ1n) is 19.3. The zero-order valence-electron chi connectivity index (χ0n) is 29.6. The Morgan fingerprint density at radius 2 is 1.12 bits per heavy atom. The molecule has 0 amide bonds. The van der Waals surface area contributed by atoms with Crippen LogP contribution < -0.4 is 0 Å². The monoisotopic (exact) mass is 648 g/mol. The molecule has 48 heavy (non-hydrogen) atoms. The Morgan fingerprint density at radius 1 is 0.688 bits per heavy atom. The molecule has 10 unspecified atom stereocenters. The third-order valence-corrected chi connectivity index (χ3v) is 14.4. The highest BCUT2D eigenvalue weighted by molar-refractivity contribution is 5.87. The summed E-state index contributed by atoms with van der Waals surface area (Å²) >= 11 is 0. The molecule has 4 saturated heterocycles. The molecule has 2 aromatic heterocycles. The molecule has 256 valence electrons. The predicted molar refractivity (Wildman–Crippen MR) is 195 cm³/mol. The van der Waals surface area contributed by atoms with Crippen LogP contribution in [0.15, 0.2) is 36.4 Å². The molecule has 2 saturated carbocycles. The van der Waals surface area contributed by atoms with E-state index in [-0.39, 0.29) is 24.0 Å². The standard InChI is InChI=1S/2C21H28N2O/c2*1-3-15-9-14-10-21(12-24)19-16(6-7-23(11-14)20(15)21)17-8-13(2)4-5-18(17)22-19/h2*4-5,8,14-15,20,22,24H,3,6-7,9-12H2,1-2H3. The van der Waals surface area contributed by atoms with Crippen LogP contribution in [0.4, 0.5) is 0 Å². The van der Waals surface area contributed by atoms with Crippen LogP contribution in [0.1, 0.15) is 86.0 Å². The number of fused-ring (bicyclic) bond motifs is 8. The van der Waals surface area contributed by atoms with E-state index >= 15 is 0 Å². The predicted octanol–water partition coefficient (Wildman–Crippen LogP) is 6.77. The number of nitrogens with zero attached hydrogens (tertiary/aromatic N) is 2. The van der Waals surface area contributed by atoms with Crippen LogP contribution in [0, 0.1) is 37.5 Å². The van der Waals surface area contributed by atoms with Crippen molar-refractivity contribution in [3.8, 4) is 0 Å². The number of aromatic nitrogens is 2. The highest BCUT2D eigenvalue weighted by Crippen LogP contribution is 2.56. The van der Waals surface area contributed by atoms with Gasteiger partial charge in [-0.15, -0.1) is 0 Å². The Labute approximate surface area is 286 Å². The Bertz CT molecular complexity index is 1720. The molecule has 10 atom stereocenters. The van der Waals surface area contributed by atoms with Gasteiger partial charge in [-0.1, -0.05) is 49.9 Å². The second kappa shape index (κ2) is 11.4. The Hall–Kier alpha value is -2.64. The SMILES string of the molecule is CCC1CC2CN3CCc4c([nH]c5ccc(C)cc45)C(CO)(C2)C13.CCC1CC2CN3CCc4c([nH]c5ccc(C)cc45)C(CO)(C2)C13. The minimum absolute atomic E-state index is 0.0827. The third kappa shape index (κ3) is 4.37. The molecule has 6 aliphatic heterocycles. The highest BCUT2D eigenvalue weighted by atomic mass is 16.3. The average Bonchev–Trinajstić information content (AvgIpc) is 3.61. The van der Waals surface area contributed by atoms with E-state index in [9.17, 15) is 10.2 Å². The van der Waals surface area contributed by atoms with Crippen LogP contribution in [-0.2, 0) is 23.7 Å². The lowest BCUT2D eigenvalue weighted by atomic mass is 9.56. The molecular weight excluding hydrogens is 592 g/mol. The van der Waals surface area contributed by atoms with Gasteiger partial charge in [0.25, 0.3) is 0 Å². The van der Waals surface area contributed by atoms with Gasteiger partial charge in [-0.05, 0) is 111 Å². The molecule has 2 aromatic carbocycles. The molecular formula is C42H56N4O2. The Balaban J connectivity index is 0.000000131. The summed E-state index contributed by atoms with van der Waals surface area (Å²) in [5, 5.41) is 24.0. The number of rotatable bonds is 4. The zero-order chi connectivity index (χ0) is 32.9. The summed E-state index contributed by atoms with van der Waals surface area (Å²) in [6.45, 7) is 14.3. The molecule has 8 aliphatic rings. The lowest BCUT2D eigenvalue weighted by Gasteiger charge is -2.59. The lowest BCUT2D eigenvalue weighted by Crippen LogP contribution is -2.65. The van der Waals surface area contributed by atoms with Gasteiger partial charge in [0.1, 0.15) is 0 Å². The summed E-state index contributed by atoms with van der Waals surface area (Å²) < 4.78 is 0. The van der Waals surface area contributed by atoms with Crippen molar-refractivity contribution < 1.29 is 10.2 Å². The first-order valence-corrected chi connectivity index (χ1v) is 19.3. The van der Waals surface area contributed by atoms with E-state index in [4.69, 9.17) is 0 Å². The molecule has 12 rings (SSSR count). The van der Waals surface area contributed by atoms with E-state index in [0.717, 1.165) is 62.4 Å². The van der Waals surface area contributed by atoms with Gasteiger partial charge in [0.05, 0.1) is 13.2 Å². The van der Waals surface area contributed by atoms with Crippen molar-refractivity contribution in [1.82, 2.24) is 19.8 Å². The number of piperidine rings is 4. The van der Waals surface area contributed by atoms with E-state index < -0.39 is 0 Å². The maximum atomic E-state index is 10.6. The van der Waals surface area contributed by atoms with Gasteiger partial charge in [0.2, 0.25) is 0 Å². The second-order valence-corrected chi connectivity index (χ2v) is 17.0. The van der Waals surface area contributed by atoms with E-state index in [1.54, 1.807) is 0 Å². The van der Waals surface area contributed by atoms with Gasteiger partial charge >= 0.3 is 0 Å². The maximum absolute atomic E-state index is 10.6. The third-order valence-electron chi connectivity index (χ3n) is 14.4. The van der Waals surface area contributed by atoms with Crippen molar-refractivity contribution in [3.63, 3.8) is 0 Å². The van der Waals surface area contributed by atoms with E-state index in [1.807, 2.05) is 0 Å². The molecule has 8 heterocycles. The van der Waals surface area contributed by atoms with Gasteiger partial charge in [0, 0.05) is 82.3 Å². The topological polar surface area (TPSA) is 78.5 Å². The minimum atomic E-state index is -0.0827. The van der Waals surface area contributed by atoms with Crippen LogP contribution >= 0.6 is 0 Å². The largest absolute Gasteiger partial charge is 0.395 e. The number of hydrogen-bond donors (Lipinski definition) is 4. The quantitative estimate of drug-likeness (QED) is 0.197. The normalized spacial score (nSPS) is 37.5. The van der Waals surface area contributed by atoms with Crippen LogP contribution in [0.2, 0.25) is 0 Å². The molecule has 8 bridgehead atoms. The van der Waals surface area contributed by atoms with E-state index in [0.29, 0.717) is 12.1 Å². The molecule has 2 aliphatic carbocycles. The molecule has 4 N–H and O–H groups in total. The molecule has 0 radical (unpaired) electrons. The first-order chi connectivity index (χ1) is 23.3. The second-order valence-electron chi connectivity index (χ2n) is 17.0. The van der Waals surface area contributed by atoms with Crippen LogP contribution in [0.25, 0.3) is 21.8 Å². The van der Waals surface area contributed by atoms with Crippen molar-refractivity contribution in [2.75, 3.05) is 39.4 Å². The van der Waals surface area contributed by atoms with Crippen LogP contribution in [0.3, 0.4) is 0 Å². The number of H-pyrrole nitrogens is 2. The van der Waals surface area contributed by atoms with Crippen molar-refractivity contribution in [2.45, 2.75) is 102 Å². The summed E-state index contributed by atoms with van der Waals surface area (Å²) in [6.07, 6.45) is 9.70. The molecule has 6 nitrogen and oxygen atoms in total. The summed E-state index contributed by atoms with van der Waals surface area (Å²) in [7, 11) is 0. The number of benzene rings is 2. The molecule has 0 spiro atoms. The minimum Gasteiger partial charge on any atom is -0.395 e. The lowest BCUT2D eigenvalue weighted by molar-refractivity contribution is -0.0775. The van der Waals surface area contributed by atoms with Gasteiger partial charge in [-0.3, -0.25) is 9.80 Å². The fraction of sp³-hybridized carbons (Fsp3) is 0.619. The van der Waals surface area contributed by atoms with E-state index in [1.165, 1.54) is 94.2 Å². The Kier molecular flexibility index (Phi) is 7.48. The van der Waals surface area contributed by atoms with Crippen LogP contribution in [-0.4, -0.2) is 81.5 Å². The Morgan fingerprint density at radius 3 is 1.52 bits per heavy atom. The van der Waals surface area contributed by atoms with Crippen LogP contribution in [0.5, 0.6) is 0 Å². The van der Waals surface area contributed by atoms with Gasteiger partial charge in [0.15, 0.2) is 0 Å². The number of aliphatic hydroxyl groups excluding tert-OH is 2. The van der Waals surface area contributed by atoms with Crippen molar-refractivity contribution in [2.24, 2.45) is 23.7 Å². The van der Waals surface area contributed by atoms with Crippen molar-refractivity contribution >= 4 is 21.8 Å². The molecule has 6 fully saturated rings. The van der Waals surface area contributed by atoms with Gasteiger partial charge in [-0.2, -0.15) is 0 Å². The van der Waals surface area contributed by atoms with Crippen molar-refractivity contribution in [1.29, 1.82) is 0 Å². The summed E-state index contributed by atoms with van der Waals surface area (Å²) in [4.78, 5) is 13.0. The molecule has 4 aromatic rings. The number of aromatic amines is 2. The number of aliphatic hydroxyl groups is 2.